The number of thiazole rings is 1. The number of Topliss-reactive ketones (excluding diaryl/α,β-unsaturated/α-hetero) is 1. The number of halogens is 3. The lowest BCUT2D eigenvalue weighted by molar-refractivity contribution is -0.274. The lowest BCUT2D eigenvalue weighted by atomic mass is 10.1. The predicted octanol–water partition coefficient (Wildman–Crippen LogP) is 3.78. The Balaban J connectivity index is 1.88. The SMILES string of the molecule is Cc1csc([C@H](C#N)C(=O)COC(=O)/C=C/c2ccc(OC(F)(F)F)cc2)n1. The van der Waals surface area contributed by atoms with Crippen molar-refractivity contribution in [3.8, 4) is 11.8 Å². The molecule has 1 aromatic carbocycles. The summed E-state index contributed by atoms with van der Waals surface area (Å²) in [5.41, 5.74) is 1.10. The normalized spacial score (nSPS) is 12.4. The van der Waals surface area contributed by atoms with Crippen LogP contribution in [0.25, 0.3) is 6.08 Å². The number of hydrogen-bond acceptors (Lipinski definition) is 7. The molecule has 6 nitrogen and oxygen atoms in total. The quantitative estimate of drug-likeness (QED) is 0.510. The first-order chi connectivity index (χ1) is 13.2. The summed E-state index contributed by atoms with van der Waals surface area (Å²) in [5, 5.41) is 11.2. The highest BCUT2D eigenvalue weighted by molar-refractivity contribution is 7.09. The lowest BCUT2D eigenvalue weighted by Crippen LogP contribution is -2.19. The molecule has 10 heteroatoms. The van der Waals surface area contributed by atoms with Crippen LogP contribution in [0.4, 0.5) is 13.2 Å². The van der Waals surface area contributed by atoms with Crippen LogP contribution in [-0.2, 0) is 14.3 Å². The van der Waals surface area contributed by atoms with E-state index < -0.39 is 36.4 Å². The molecule has 0 aliphatic heterocycles. The Kier molecular flexibility index (Phi) is 6.89. The van der Waals surface area contributed by atoms with E-state index in [-0.39, 0.29) is 0 Å². The Hall–Kier alpha value is -3.19. The molecule has 0 saturated heterocycles. The van der Waals surface area contributed by atoms with Crippen molar-refractivity contribution in [1.29, 1.82) is 5.26 Å². The van der Waals surface area contributed by atoms with Gasteiger partial charge in [0.2, 0.25) is 0 Å². The average molecular weight is 410 g/mol. The molecule has 0 amide bonds. The van der Waals surface area contributed by atoms with Crippen molar-refractivity contribution < 1.29 is 32.2 Å². The van der Waals surface area contributed by atoms with E-state index in [0.29, 0.717) is 16.3 Å². The maximum Gasteiger partial charge on any atom is 0.573 e. The molecule has 0 aliphatic rings. The molecule has 0 unspecified atom stereocenters. The largest absolute Gasteiger partial charge is 0.573 e. The van der Waals surface area contributed by atoms with Gasteiger partial charge in [-0.25, -0.2) is 9.78 Å². The number of carbonyl (C=O) groups excluding carboxylic acids is 2. The van der Waals surface area contributed by atoms with Crippen LogP contribution >= 0.6 is 11.3 Å². The Morgan fingerprint density at radius 1 is 1.32 bits per heavy atom. The minimum Gasteiger partial charge on any atom is -0.454 e. The maximum atomic E-state index is 12.1. The van der Waals surface area contributed by atoms with E-state index in [1.807, 2.05) is 6.07 Å². The third-order valence-electron chi connectivity index (χ3n) is 3.22. The molecule has 28 heavy (non-hydrogen) atoms. The first kappa shape index (κ1) is 21.1. The van der Waals surface area contributed by atoms with E-state index in [1.54, 1.807) is 12.3 Å². The Bertz CT molecular complexity index is 914. The van der Waals surface area contributed by atoms with Gasteiger partial charge in [-0.15, -0.1) is 24.5 Å². The van der Waals surface area contributed by atoms with Gasteiger partial charge in [0.1, 0.15) is 10.8 Å². The van der Waals surface area contributed by atoms with Gasteiger partial charge in [-0.1, -0.05) is 12.1 Å². The number of rotatable bonds is 7. The molecule has 1 atom stereocenters. The number of aryl methyl sites for hydroxylation is 1. The van der Waals surface area contributed by atoms with Crippen LogP contribution in [0, 0.1) is 18.3 Å². The van der Waals surface area contributed by atoms with Gasteiger partial charge >= 0.3 is 12.3 Å². The second-order valence-corrected chi connectivity index (χ2v) is 6.30. The number of carbonyl (C=O) groups is 2. The number of nitrogens with zero attached hydrogens (tertiary/aromatic N) is 2. The summed E-state index contributed by atoms with van der Waals surface area (Å²) >= 11 is 1.17. The van der Waals surface area contributed by atoms with Crippen molar-refractivity contribution in [2.75, 3.05) is 6.61 Å². The fourth-order valence-corrected chi connectivity index (χ4v) is 2.85. The molecule has 2 rings (SSSR count). The summed E-state index contributed by atoms with van der Waals surface area (Å²) in [4.78, 5) is 27.8. The minimum atomic E-state index is -4.79. The van der Waals surface area contributed by atoms with Crippen LogP contribution < -0.4 is 4.74 Å². The van der Waals surface area contributed by atoms with Crippen LogP contribution in [0.2, 0.25) is 0 Å². The molecule has 1 heterocycles. The van der Waals surface area contributed by atoms with Gasteiger partial charge in [0.25, 0.3) is 0 Å². The lowest BCUT2D eigenvalue weighted by Gasteiger charge is -2.08. The van der Waals surface area contributed by atoms with E-state index in [1.165, 1.54) is 29.5 Å². The van der Waals surface area contributed by atoms with E-state index in [2.05, 4.69) is 9.72 Å². The molecule has 0 radical (unpaired) electrons. The fourth-order valence-electron chi connectivity index (χ4n) is 1.99. The molecular weight excluding hydrogens is 397 g/mol. The van der Waals surface area contributed by atoms with Gasteiger partial charge in [0.15, 0.2) is 18.3 Å². The topological polar surface area (TPSA) is 89.3 Å². The third-order valence-corrected chi connectivity index (χ3v) is 4.24. The summed E-state index contributed by atoms with van der Waals surface area (Å²) in [7, 11) is 0. The van der Waals surface area contributed by atoms with Gasteiger partial charge in [0, 0.05) is 17.2 Å². The number of hydrogen-bond donors (Lipinski definition) is 0. The van der Waals surface area contributed by atoms with Gasteiger partial charge in [-0.2, -0.15) is 5.26 Å². The van der Waals surface area contributed by atoms with Crippen molar-refractivity contribution in [2.24, 2.45) is 0 Å². The Morgan fingerprint density at radius 2 is 2.00 bits per heavy atom. The number of nitriles is 1. The molecule has 0 aliphatic carbocycles. The number of alkyl halides is 3. The van der Waals surface area contributed by atoms with E-state index >= 15 is 0 Å². The smallest absolute Gasteiger partial charge is 0.454 e. The van der Waals surface area contributed by atoms with Crippen molar-refractivity contribution in [3.63, 3.8) is 0 Å². The highest BCUT2D eigenvalue weighted by Gasteiger charge is 2.30. The number of esters is 1. The highest BCUT2D eigenvalue weighted by atomic mass is 32.1. The molecule has 0 N–H and O–H groups in total. The second-order valence-electron chi connectivity index (χ2n) is 5.41. The van der Waals surface area contributed by atoms with Crippen molar-refractivity contribution in [2.45, 2.75) is 19.2 Å². The van der Waals surface area contributed by atoms with Gasteiger partial charge in [-0.3, -0.25) is 4.79 Å². The molecule has 0 saturated carbocycles. The standard InChI is InChI=1S/C18H13F3N2O4S/c1-11-10-28-17(23-11)14(8-22)15(24)9-26-16(25)7-4-12-2-5-13(6-3-12)27-18(19,20)21/h2-7,10,14H,9H2,1H3/b7-4+/t14-/m1/s1. The first-order valence-corrected chi connectivity index (χ1v) is 8.61. The molecule has 1 aromatic heterocycles. The zero-order chi connectivity index (χ0) is 20.7. The number of benzene rings is 1. The zero-order valence-electron chi connectivity index (χ0n) is 14.4. The molecule has 0 fully saturated rings. The van der Waals surface area contributed by atoms with Crippen LogP contribution in [0.15, 0.2) is 35.7 Å². The summed E-state index contributed by atoms with van der Waals surface area (Å²) in [6, 6.07) is 6.64. The molecule has 2 aromatic rings. The second kappa shape index (κ2) is 9.14. The Labute approximate surface area is 161 Å². The van der Waals surface area contributed by atoms with Crippen molar-refractivity contribution >= 4 is 29.2 Å². The fraction of sp³-hybridized carbons (Fsp3) is 0.222. The highest BCUT2D eigenvalue weighted by Crippen LogP contribution is 2.23. The first-order valence-electron chi connectivity index (χ1n) is 7.73. The minimum absolute atomic E-state index is 0.331. The predicted molar refractivity (Wildman–Crippen MR) is 93.3 cm³/mol. The van der Waals surface area contributed by atoms with Gasteiger partial charge < -0.3 is 9.47 Å². The monoisotopic (exact) mass is 410 g/mol. The van der Waals surface area contributed by atoms with Crippen LogP contribution in [0.3, 0.4) is 0 Å². The summed E-state index contributed by atoms with van der Waals surface area (Å²) < 4.78 is 44.8. The summed E-state index contributed by atoms with van der Waals surface area (Å²) in [6.45, 7) is 1.13. The zero-order valence-corrected chi connectivity index (χ0v) is 15.2. The van der Waals surface area contributed by atoms with Gasteiger partial charge in [-0.05, 0) is 30.7 Å². The van der Waals surface area contributed by atoms with Gasteiger partial charge in [0.05, 0.1) is 6.07 Å². The van der Waals surface area contributed by atoms with Crippen molar-refractivity contribution in [3.05, 3.63) is 52.0 Å². The maximum absolute atomic E-state index is 12.1. The Morgan fingerprint density at radius 3 is 2.54 bits per heavy atom. The van der Waals surface area contributed by atoms with E-state index in [9.17, 15) is 22.8 Å². The molecular formula is C18H13F3N2O4S. The van der Waals surface area contributed by atoms with Crippen LogP contribution in [-0.4, -0.2) is 29.7 Å². The summed E-state index contributed by atoms with van der Waals surface area (Å²) in [6.07, 6.45) is -2.47. The van der Waals surface area contributed by atoms with E-state index in [4.69, 9.17) is 10.00 Å². The third kappa shape index (κ3) is 6.51. The number of aromatic nitrogens is 1. The van der Waals surface area contributed by atoms with Crippen molar-refractivity contribution in [1.82, 2.24) is 4.98 Å². The van der Waals surface area contributed by atoms with Crippen LogP contribution in [0.1, 0.15) is 22.2 Å². The molecule has 0 spiro atoms. The average Bonchev–Trinajstić information content (AvgIpc) is 3.04. The van der Waals surface area contributed by atoms with E-state index in [0.717, 1.165) is 18.2 Å². The molecule has 146 valence electrons. The summed E-state index contributed by atoms with van der Waals surface area (Å²) in [5.74, 6) is -2.95. The molecule has 0 bridgehead atoms. The van der Waals surface area contributed by atoms with Crippen LogP contribution in [0.5, 0.6) is 5.75 Å². The number of ether oxygens (including phenoxy) is 2. The number of ketones is 1.